The Kier molecular flexibility index (Phi) is 4.81. The van der Waals surface area contributed by atoms with E-state index in [-0.39, 0.29) is 29.2 Å². The van der Waals surface area contributed by atoms with E-state index in [0.29, 0.717) is 22.1 Å². The van der Waals surface area contributed by atoms with Gasteiger partial charge in [-0.05, 0) is 26.0 Å². The zero-order chi connectivity index (χ0) is 21.4. The Morgan fingerprint density at radius 3 is 2.77 bits per heavy atom. The number of nitrogens with zero attached hydrogens (tertiary/aromatic N) is 7. The van der Waals surface area contributed by atoms with Crippen LogP contribution in [0.4, 0.5) is 17.6 Å². The van der Waals surface area contributed by atoms with Crippen LogP contribution in [0, 0.1) is 18.3 Å². The molecule has 5 N–H and O–H groups in total. The number of aromatic nitrogens is 6. The minimum absolute atomic E-state index is 0.00948. The van der Waals surface area contributed by atoms with Crippen LogP contribution in [0.3, 0.4) is 0 Å². The molecule has 10 nitrogen and oxygen atoms in total. The third-order valence-electron chi connectivity index (χ3n) is 4.56. The first-order valence-corrected chi connectivity index (χ1v) is 9.32. The van der Waals surface area contributed by atoms with Gasteiger partial charge in [-0.25, -0.2) is 9.50 Å². The fourth-order valence-electron chi connectivity index (χ4n) is 3.11. The zero-order valence-corrected chi connectivity index (χ0v) is 16.9. The molecule has 0 aliphatic heterocycles. The van der Waals surface area contributed by atoms with Crippen LogP contribution in [-0.2, 0) is 0 Å². The number of pyridine rings is 1. The molecule has 0 spiro atoms. The molecule has 4 aromatic heterocycles. The van der Waals surface area contributed by atoms with Crippen molar-refractivity contribution in [2.45, 2.75) is 19.9 Å². The molecule has 0 saturated carbocycles. The lowest BCUT2D eigenvalue weighted by molar-refractivity contribution is 0.826. The first-order valence-electron chi connectivity index (χ1n) is 8.94. The number of aryl methyl sites for hydroxylation is 1. The molecule has 0 amide bonds. The van der Waals surface area contributed by atoms with E-state index >= 15 is 0 Å². The highest BCUT2D eigenvalue weighted by atomic mass is 35.5. The second-order valence-electron chi connectivity index (χ2n) is 6.62. The molecular formula is C19H17ClN10. The molecule has 4 heterocycles. The second-order valence-corrected chi connectivity index (χ2v) is 7.00. The Morgan fingerprint density at radius 1 is 1.27 bits per heavy atom. The van der Waals surface area contributed by atoms with Gasteiger partial charge in [-0.15, -0.1) is 0 Å². The maximum absolute atomic E-state index is 9.44. The molecule has 0 saturated heterocycles. The van der Waals surface area contributed by atoms with E-state index in [1.165, 1.54) is 0 Å². The highest BCUT2D eigenvalue weighted by molar-refractivity contribution is 6.34. The van der Waals surface area contributed by atoms with Crippen molar-refractivity contribution in [1.82, 2.24) is 29.5 Å². The second kappa shape index (κ2) is 7.46. The highest BCUT2D eigenvalue weighted by Gasteiger charge is 2.21. The summed E-state index contributed by atoms with van der Waals surface area (Å²) in [6.45, 7) is 3.71. The summed E-state index contributed by atoms with van der Waals surface area (Å²) in [6, 6.07) is 5.39. The summed E-state index contributed by atoms with van der Waals surface area (Å²) >= 11 is 6.38. The van der Waals surface area contributed by atoms with Crippen LogP contribution < -0.4 is 16.8 Å². The number of nitrogens with two attached hydrogens (primary N) is 2. The minimum Gasteiger partial charge on any atom is -0.382 e. The normalized spacial score (nSPS) is 11.9. The van der Waals surface area contributed by atoms with Crippen LogP contribution in [0.5, 0.6) is 0 Å². The van der Waals surface area contributed by atoms with Crippen molar-refractivity contribution in [3.05, 3.63) is 52.6 Å². The van der Waals surface area contributed by atoms with Gasteiger partial charge in [0, 0.05) is 29.7 Å². The predicted molar refractivity (Wildman–Crippen MR) is 114 cm³/mol. The Balaban J connectivity index is 1.87. The Hall–Kier alpha value is -3.97. The molecule has 0 aliphatic carbocycles. The Morgan fingerprint density at radius 2 is 2.07 bits per heavy atom. The van der Waals surface area contributed by atoms with Crippen molar-refractivity contribution in [2.24, 2.45) is 0 Å². The van der Waals surface area contributed by atoms with Crippen LogP contribution in [0.2, 0.25) is 5.02 Å². The molecular weight excluding hydrogens is 404 g/mol. The van der Waals surface area contributed by atoms with Gasteiger partial charge in [0.2, 0.25) is 5.95 Å². The number of fused-ring (bicyclic) bond motifs is 1. The number of nitriles is 1. The van der Waals surface area contributed by atoms with Crippen LogP contribution in [0.1, 0.15) is 29.8 Å². The fourth-order valence-corrected chi connectivity index (χ4v) is 3.28. The fraction of sp³-hybridized carbons (Fsp3) is 0.158. The van der Waals surface area contributed by atoms with E-state index in [1.54, 1.807) is 16.9 Å². The van der Waals surface area contributed by atoms with Gasteiger partial charge in [-0.3, -0.25) is 4.98 Å². The van der Waals surface area contributed by atoms with E-state index < -0.39 is 0 Å². The number of nitrogens with one attached hydrogen (secondary N) is 1. The molecule has 30 heavy (non-hydrogen) atoms. The first kappa shape index (κ1) is 19.4. The van der Waals surface area contributed by atoms with Gasteiger partial charge >= 0.3 is 0 Å². The lowest BCUT2D eigenvalue weighted by Crippen LogP contribution is -2.15. The lowest BCUT2D eigenvalue weighted by Gasteiger charge is -2.19. The van der Waals surface area contributed by atoms with Crippen LogP contribution in [-0.4, -0.2) is 29.5 Å². The highest BCUT2D eigenvalue weighted by Crippen LogP contribution is 2.32. The van der Waals surface area contributed by atoms with Gasteiger partial charge in [0.15, 0.2) is 11.5 Å². The topological polar surface area (TPSA) is 157 Å². The maximum atomic E-state index is 9.44. The number of rotatable bonds is 4. The molecule has 150 valence electrons. The van der Waals surface area contributed by atoms with E-state index in [1.807, 2.05) is 38.2 Å². The summed E-state index contributed by atoms with van der Waals surface area (Å²) in [5.41, 5.74) is 15.1. The number of nitrogen functional groups attached to an aromatic ring is 2. The van der Waals surface area contributed by atoms with Gasteiger partial charge in [0.05, 0.1) is 17.4 Å². The summed E-state index contributed by atoms with van der Waals surface area (Å²) in [4.78, 5) is 16.9. The van der Waals surface area contributed by atoms with Gasteiger partial charge < -0.3 is 16.8 Å². The van der Waals surface area contributed by atoms with Crippen LogP contribution in [0.15, 0.2) is 30.7 Å². The molecule has 0 aliphatic rings. The van der Waals surface area contributed by atoms with Crippen molar-refractivity contribution in [2.75, 3.05) is 16.8 Å². The average molecular weight is 421 g/mol. The Labute approximate surface area is 176 Å². The quantitative estimate of drug-likeness (QED) is 0.451. The van der Waals surface area contributed by atoms with Gasteiger partial charge in [-0.1, -0.05) is 11.6 Å². The largest absolute Gasteiger partial charge is 0.382 e. The molecule has 0 fully saturated rings. The van der Waals surface area contributed by atoms with E-state index in [9.17, 15) is 5.26 Å². The van der Waals surface area contributed by atoms with Crippen molar-refractivity contribution >= 4 is 34.8 Å². The molecule has 11 heteroatoms. The molecule has 1 atom stereocenters. The van der Waals surface area contributed by atoms with Crippen molar-refractivity contribution < 1.29 is 0 Å². The third kappa shape index (κ3) is 3.31. The number of anilines is 3. The Bertz CT molecular complexity index is 1290. The lowest BCUT2D eigenvalue weighted by atomic mass is 10.0. The maximum Gasteiger partial charge on any atom is 0.224 e. The van der Waals surface area contributed by atoms with Crippen molar-refractivity contribution in [3.63, 3.8) is 0 Å². The molecule has 0 unspecified atom stereocenters. The van der Waals surface area contributed by atoms with Crippen molar-refractivity contribution in [3.8, 4) is 17.3 Å². The minimum atomic E-state index is -0.346. The zero-order valence-electron chi connectivity index (χ0n) is 16.1. The molecule has 0 radical (unpaired) electrons. The molecule has 4 aromatic rings. The number of hydrogen-bond donors (Lipinski definition) is 3. The summed E-state index contributed by atoms with van der Waals surface area (Å²) in [5.74, 6) is 0.217. The molecule has 0 bridgehead atoms. The van der Waals surface area contributed by atoms with Crippen molar-refractivity contribution in [1.29, 1.82) is 5.26 Å². The molecule has 0 aromatic carbocycles. The summed E-state index contributed by atoms with van der Waals surface area (Å²) < 4.78 is 1.62. The smallest absolute Gasteiger partial charge is 0.224 e. The predicted octanol–water partition coefficient (Wildman–Crippen LogP) is 2.75. The van der Waals surface area contributed by atoms with Gasteiger partial charge in [-0.2, -0.15) is 20.3 Å². The number of halogens is 1. The number of hydrogen-bond acceptors (Lipinski definition) is 9. The monoisotopic (exact) mass is 420 g/mol. The van der Waals surface area contributed by atoms with Crippen LogP contribution >= 0.6 is 11.6 Å². The van der Waals surface area contributed by atoms with Gasteiger partial charge in [0.25, 0.3) is 0 Å². The van der Waals surface area contributed by atoms with E-state index in [4.69, 9.17) is 28.1 Å². The summed E-state index contributed by atoms with van der Waals surface area (Å²) in [6.07, 6.45) is 5.24. The average Bonchev–Trinajstić information content (AvgIpc) is 3.00. The summed E-state index contributed by atoms with van der Waals surface area (Å²) in [7, 11) is 0. The third-order valence-corrected chi connectivity index (χ3v) is 5.00. The van der Waals surface area contributed by atoms with Gasteiger partial charge in [0.1, 0.15) is 22.5 Å². The van der Waals surface area contributed by atoms with E-state index in [0.717, 1.165) is 11.1 Å². The summed E-state index contributed by atoms with van der Waals surface area (Å²) in [5, 5.41) is 17.5. The SMILES string of the molecule is Cc1nn2cc([C@H](C)Nc3nc(N)nc(N)c3C#N)c(-c3cccnc3)nc2c1Cl. The van der Waals surface area contributed by atoms with E-state index in [2.05, 4.69) is 25.4 Å². The molecule has 4 rings (SSSR count). The first-order chi connectivity index (χ1) is 14.4. The standard InChI is InChI=1S/C19H17ClN10/c1-9(25-17-12(6-21)16(22)27-19(23)28-17)13-8-30-18(14(20)10(2)29-30)26-15(13)11-4-3-5-24-7-11/h3-5,7-9H,1-2H3,(H5,22,23,25,27,28)/t9-/m0/s1. The van der Waals surface area contributed by atoms with Crippen LogP contribution in [0.25, 0.3) is 16.9 Å².